The maximum atomic E-state index is 6.28. The number of hydrogen-bond acceptors (Lipinski definition) is 4. The molecule has 2 heterocycles. The van der Waals surface area contributed by atoms with Crippen molar-refractivity contribution in [3.05, 3.63) is 92.2 Å². The molecule has 0 atom stereocenters. The topological polar surface area (TPSA) is 51.5 Å². The van der Waals surface area contributed by atoms with Gasteiger partial charge in [0.1, 0.15) is 17.0 Å². The van der Waals surface area contributed by atoms with Gasteiger partial charge in [-0.2, -0.15) is 0 Å². The van der Waals surface area contributed by atoms with E-state index in [1.807, 2.05) is 66.7 Å². The number of hydrogen-bond donors (Lipinski definition) is 0. The van der Waals surface area contributed by atoms with Crippen LogP contribution in [0, 0.1) is 3.57 Å². The van der Waals surface area contributed by atoms with Crippen LogP contribution in [-0.4, -0.2) is 11.2 Å². The fraction of sp³-hybridized carbons (Fsp3) is 0. The molecule has 0 radical (unpaired) electrons. The van der Waals surface area contributed by atoms with E-state index >= 15 is 0 Å². The first-order valence-electron chi connectivity index (χ1n) is 9.32. The molecule has 0 saturated carbocycles. The minimum Gasteiger partial charge on any atom is -0.455 e. The SMILES string of the molecule is Clc1cccc(-c2ccc(C=Nc3ccc4oc(-c5cccc(I)c5)nc4c3)o2)c1Cl. The molecule has 0 N–H and O–H groups in total. The minimum absolute atomic E-state index is 0.461. The number of fused-ring (bicyclic) bond motifs is 1. The monoisotopic (exact) mass is 558 g/mol. The summed E-state index contributed by atoms with van der Waals surface area (Å²) in [7, 11) is 0. The summed E-state index contributed by atoms with van der Waals surface area (Å²) >= 11 is 14.6. The van der Waals surface area contributed by atoms with E-state index in [-0.39, 0.29) is 0 Å². The number of aliphatic imine (C=N–C) groups is 1. The minimum atomic E-state index is 0.461. The molecule has 0 aliphatic carbocycles. The summed E-state index contributed by atoms with van der Waals surface area (Å²) in [6, 6.07) is 22.7. The van der Waals surface area contributed by atoms with Crippen LogP contribution in [0.3, 0.4) is 0 Å². The average Bonchev–Trinajstić information content (AvgIpc) is 3.41. The van der Waals surface area contributed by atoms with Crippen LogP contribution in [0.1, 0.15) is 5.76 Å². The van der Waals surface area contributed by atoms with Crippen LogP contribution < -0.4 is 0 Å². The highest BCUT2D eigenvalue weighted by Crippen LogP contribution is 2.34. The molecule has 0 aliphatic heterocycles. The fourth-order valence-electron chi connectivity index (χ4n) is 3.14. The van der Waals surface area contributed by atoms with Crippen molar-refractivity contribution >= 4 is 68.8 Å². The number of aromatic nitrogens is 1. The third kappa shape index (κ3) is 4.26. The summed E-state index contributed by atoms with van der Waals surface area (Å²) in [5.74, 6) is 1.82. The van der Waals surface area contributed by atoms with Gasteiger partial charge < -0.3 is 8.83 Å². The Bertz CT molecular complexity index is 1440. The van der Waals surface area contributed by atoms with Crippen LogP contribution in [-0.2, 0) is 0 Å². The Balaban J connectivity index is 1.40. The smallest absolute Gasteiger partial charge is 0.227 e. The Morgan fingerprint density at radius 2 is 1.77 bits per heavy atom. The van der Waals surface area contributed by atoms with Crippen molar-refractivity contribution in [1.29, 1.82) is 0 Å². The van der Waals surface area contributed by atoms with Gasteiger partial charge in [-0.3, -0.25) is 4.99 Å². The molecule has 0 fully saturated rings. The Morgan fingerprint density at radius 3 is 2.65 bits per heavy atom. The molecule has 0 aliphatic rings. The lowest BCUT2D eigenvalue weighted by molar-refractivity contribution is 0.575. The van der Waals surface area contributed by atoms with Gasteiger partial charge in [0.15, 0.2) is 5.58 Å². The van der Waals surface area contributed by atoms with Gasteiger partial charge in [-0.1, -0.05) is 35.3 Å². The lowest BCUT2D eigenvalue weighted by atomic mass is 10.2. The Kier molecular flexibility index (Phi) is 5.56. The molecule has 0 unspecified atom stereocenters. The van der Waals surface area contributed by atoms with E-state index in [4.69, 9.17) is 32.0 Å². The van der Waals surface area contributed by atoms with E-state index in [1.54, 1.807) is 12.3 Å². The third-order valence-electron chi connectivity index (χ3n) is 4.63. The molecule has 7 heteroatoms. The highest BCUT2D eigenvalue weighted by Gasteiger charge is 2.11. The standard InChI is InChI=1S/C24H13Cl2IN2O2/c25-19-6-2-5-18(23(19)26)21-10-8-17(30-21)13-28-16-7-9-22-20(12-16)29-24(31-22)14-3-1-4-15(27)11-14/h1-13H. The summed E-state index contributed by atoms with van der Waals surface area (Å²) in [6.45, 7) is 0. The van der Waals surface area contributed by atoms with Gasteiger partial charge in [-0.25, -0.2) is 4.98 Å². The number of benzene rings is 3. The van der Waals surface area contributed by atoms with Gasteiger partial charge in [0.05, 0.1) is 21.9 Å². The molecule has 0 bridgehead atoms. The summed E-state index contributed by atoms with van der Waals surface area (Å²) in [5.41, 5.74) is 3.88. The van der Waals surface area contributed by atoms with Crippen LogP contribution in [0.5, 0.6) is 0 Å². The molecule has 5 aromatic rings. The molecule has 0 saturated heterocycles. The lowest BCUT2D eigenvalue weighted by Gasteiger charge is -2.01. The number of furan rings is 1. The van der Waals surface area contributed by atoms with E-state index in [9.17, 15) is 0 Å². The van der Waals surface area contributed by atoms with Gasteiger partial charge in [-0.05, 0) is 83.3 Å². The van der Waals surface area contributed by atoms with Crippen molar-refractivity contribution < 1.29 is 8.83 Å². The maximum Gasteiger partial charge on any atom is 0.227 e. The van der Waals surface area contributed by atoms with Gasteiger partial charge in [0.2, 0.25) is 5.89 Å². The number of nitrogens with zero attached hydrogens (tertiary/aromatic N) is 2. The zero-order valence-electron chi connectivity index (χ0n) is 15.9. The van der Waals surface area contributed by atoms with E-state index in [0.717, 1.165) is 25.9 Å². The largest absolute Gasteiger partial charge is 0.455 e. The van der Waals surface area contributed by atoms with E-state index < -0.39 is 0 Å². The first kappa shape index (κ1) is 20.3. The molecule has 0 spiro atoms. The molecule has 31 heavy (non-hydrogen) atoms. The van der Waals surface area contributed by atoms with E-state index in [0.29, 0.717) is 33.0 Å². The average molecular weight is 559 g/mol. The Morgan fingerprint density at radius 1 is 0.903 bits per heavy atom. The van der Waals surface area contributed by atoms with Gasteiger partial charge in [0, 0.05) is 14.7 Å². The first-order valence-corrected chi connectivity index (χ1v) is 11.1. The zero-order chi connectivity index (χ0) is 21.4. The third-order valence-corrected chi connectivity index (χ3v) is 6.12. The van der Waals surface area contributed by atoms with Crippen LogP contribution in [0.25, 0.3) is 33.9 Å². The predicted octanol–water partition coefficient (Wildman–Crippen LogP) is 8.42. The first-order chi connectivity index (χ1) is 15.1. The van der Waals surface area contributed by atoms with Crippen LogP contribution in [0.4, 0.5) is 5.69 Å². The second-order valence-corrected chi connectivity index (χ2v) is 8.77. The number of rotatable bonds is 4. The summed E-state index contributed by atoms with van der Waals surface area (Å²) in [4.78, 5) is 9.12. The molecule has 3 aromatic carbocycles. The lowest BCUT2D eigenvalue weighted by Crippen LogP contribution is -1.78. The maximum absolute atomic E-state index is 6.28. The van der Waals surface area contributed by atoms with Crippen molar-refractivity contribution in [3.63, 3.8) is 0 Å². The van der Waals surface area contributed by atoms with Crippen molar-refractivity contribution in [2.75, 3.05) is 0 Å². The second-order valence-electron chi connectivity index (χ2n) is 6.74. The molecule has 4 nitrogen and oxygen atoms in total. The quantitative estimate of drug-likeness (QED) is 0.164. The fourth-order valence-corrected chi connectivity index (χ4v) is 4.08. The van der Waals surface area contributed by atoms with Gasteiger partial charge in [-0.15, -0.1) is 0 Å². The van der Waals surface area contributed by atoms with Crippen molar-refractivity contribution in [2.24, 2.45) is 4.99 Å². The Hall–Kier alpha value is -2.61. The van der Waals surface area contributed by atoms with Crippen molar-refractivity contribution in [1.82, 2.24) is 4.98 Å². The van der Waals surface area contributed by atoms with Crippen molar-refractivity contribution in [3.8, 4) is 22.8 Å². The van der Waals surface area contributed by atoms with Crippen LogP contribution in [0.2, 0.25) is 10.0 Å². The van der Waals surface area contributed by atoms with E-state index in [1.165, 1.54) is 0 Å². The van der Waals surface area contributed by atoms with Gasteiger partial charge >= 0.3 is 0 Å². The molecule has 5 rings (SSSR count). The summed E-state index contributed by atoms with van der Waals surface area (Å²) in [6.07, 6.45) is 1.66. The predicted molar refractivity (Wildman–Crippen MR) is 134 cm³/mol. The van der Waals surface area contributed by atoms with Crippen LogP contribution in [0.15, 0.2) is 86.6 Å². The Labute approximate surface area is 201 Å². The summed E-state index contributed by atoms with van der Waals surface area (Å²) in [5, 5.41) is 0.943. The summed E-state index contributed by atoms with van der Waals surface area (Å²) < 4.78 is 12.9. The van der Waals surface area contributed by atoms with Crippen LogP contribution >= 0.6 is 45.8 Å². The second kappa shape index (κ2) is 8.49. The van der Waals surface area contributed by atoms with Gasteiger partial charge in [0.25, 0.3) is 0 Å². The number of halogens is 3. The van der Waals surface area contributed by atoms with E-state index in [2.05, 4.69) is 32.6 Å². The molecule has 0 amide bonds. The highest BCUT2D eigenvalue weighted by molar-refractivity contribution is 14.1. The zero-order valence-corrected chi connectivity index (χ0v) is 19.5. The molecule has 152 valence electrons. The molecular formula is C24H13Cl2IN2O2. The van der Waals surface area contributed by atoms with Crippen molar-refractivity contribution in [2.45, 2.75) is 0 Å². The highest BCUT2D eigenvalue weighted by atomic mass is 127. The molecular weight excluding hydrogens is 546 g/mol. The normalized spacial score (nSPS) is 11.6. The molecule has 2 aromatic heterocycles. The number of oxazole rings is 1.